The van der Waals surface area contributed by atoms with Gasteiger partial charge in [0.2, 0.25) is 5.95 Å². The number of rotatable bonds is 3. The van der Waals surface area contributed by atoms with Crippen molar-refractivity contribution in [3.8, 4) is 0 Å². The summed E-state index contributed by atoms with van der Waals surface area (Å²) >= 11 is 3.32. The fraction of sp³-hybridized carbons (Fsp3) is 0.214. The number of halogens is 1. The molecule has 0 saturated carbocycles. The van der Waals surface area contributed by atoms with Crippen LogP contribution in [0.15, 0.2) is 35.1 Å². The highest BCUT2D eigenvalue weighted by Crippen LogP contribution is 2.19. The number of nitrogens with zero attached hydrogens (tertiary/aromatic N) is 4. The lowest BCUT2D eigenvalue weighted by Crippen LogP contribution is -2.08. The Kier molecular flexibility index (Phi) is 3.40. The van der Waals surface area contributed by atoms with Crippen molar-refractivity contribution in [3.05, 3.63) is 46.5 Å². The maximum atomic E-state index is 4.64. The van der Waals surface area contributed by atoms with E-state index >= 15 is 0 Å². The van der Waals surface area contributed by atoms with E-state index in [9.17, 15) is 0 Å². The number of fused-ring (bicyclic) bond motifs is 1. The van der Waals surface area contributed by atoms with E-state index in [1.54, 1.807) is 12.4 Å². The molecule has 0 unspecified atom stereocenters. The van der Waals surface area contributed by atoms with Crippen molar-refractivity contribution in [1.29, 1.82) is 0 Å². The second-order valence-corrected chi connectivity index (χ2v) is 5.52. The topological polar surface area (TPSA) is 55.6 Å². The number of hydrogen-bond donors (Lipinski definition) is 1. The number of anilines is 1. The van der Waals surface area contributed by atoms with Crippen LogP contribution >= 0.6 is 15.9 Å². The Hall–Kier alpha value is -1.95. The Morgan fingerprint density at radius 2 is 2.00 bits per heavy atom. The Balaban J connectivity index is 1.86. The molecule has 6 heteroatoms. The largest absolute Gasteiger partial charge is 0.347 e. The number of nitrogens with one attached hydrogen (secondary N) is 1. The van der Waals surface area contributed by atoms with E-state index in [1.165, 1.54) is 11.1 Å². The minimum atomic E-state index is 0.590. The molecule has 0 aliphatic carbocycles. The highest BCUT2D eigenvalue weighted by Gasteiger charge is 2.09. The van der Waals surface area contributed by atoms with Crippen molar-refractivity contribution < 1.29 is 0 Å². The maximum absolute atomic E-state index is 4.64. The molecular formula is C14H14BrN5. The van der Waals surface area contributed by atoms with E-state index < -0.39 is 0 Å². The van der Waals surface area contributed by atoms with Crippen LogP contribution in [0.1, 0.15) is 11.4 Å². The molecule has 0 aliphatic heterocycles. The normalized spacial score (nSPS) is 10.9. The predicted octanol–water partition coefficient (Wildman–Crippen LogP) is 3.05. The maximum Gasteiger partial charge on any atom is 0.223 e. The van der Waals surface area contributed by atoms with Gasteiger partial charge in [-0.3, -0.25) is 0 Å². The van der Waals surface area contributed by atoms with Gasteiger partial charge in [0, 0.05) is 19.4 Å². The lowest BCUT2D eigenvalue weighted by Gasteiger charge is -2.05. The molecule has 1 N–H and O–H groups in total. The van der Waals surface area contributed by atoms with Crippen molar-refractivity contribution in [2.75, 3.05) is 5.32 Å². The Bertz CT molecular complexity index is 748. The lowest BCUT2D eigenvalue weighted by atomic mass is 10.2. The van der Waals surface area contributed by atoms with Crippen LogP contribution in [0.3, 0.4) is 0 Å². The molecule has 0 amide bonds. The first-order chi connectivity index (χ1) is 9.65. The number of aryl methyl sites for hydroxylation is 2. The van der Waals surface area contributed by atoms with E-state index in [2.05, 4.69) is 53.8 Å². The SMILES string of the molecule is Cc1cccc2nc(CNc3ncc(Br)cn3)n(C)c12. The van der Waals surface area contributed by atoms with Gasteiger partial charge in [0.1, 0.15) is 5.82 Å². The van der Waals surface area contributed by atoms with Crippen LogP contribution in [0.2, 0.25) is 0 Å². The molecular weight excluding hydrogens is 318 g/mol. The molecule has 0 spiro atoms. The number of imidazole rings is 1. The van der Waals surface area contributed by atoms with E-state index in [-0.39, 0.29) is 0 Å². The van der Waals surface area contributed by atoms with Gasteiger partial charge < -0.3 is 9.88 Å². The van der Waals surface area contributed by atoms with Gasteiger partial charge in [-0.1, -0.05) is 12.1 Å². The highest BCUT2D eigenvalue weighted by atomic mass is 79.9. The second kappa shape index (κ2) is 5.20. The van der Waals surface area contributed by atoms with Crippen molar-refractivity contribution >= 4 is 32.9 Å². The third-order valence-corrected chi connectivity index (χ3v) is 3.62. The number of para-hydroxylation sites is 1. The summed E-state index contributed by atoms with van der Waals surface area (Å²) in [6, 6.07) is 6.15. The number of aromatic nitrogens is 4. The summed E-state index contributed by atoms with van der Waals surface area (Å²) < 4.78 is 2.97. The highest BCUT2D eigenvalue weighted by molar-refractivity contribution is 9.10. The van der Waals surface area contributed by atoms with E-state index in [0.29, 0.717) is 12.5 Å². The van der Waals surface area contributed by atoms with E-state index in [4.69, 9.17) is 0 Å². The van der Waals surface area contributed by atoms with Crippen molar-refractivity contribution in [2.45, 2.75) is 13.5 Å². The summed E-state index contributed by atoms with van der Waals surface area (Å²) in [6.45, 7) is 2.69. The van der Waals surface area contributed by atoms with Crippen LogP contribution in [0.4, 0.5) is 5.95 Å². The average Bonchev–Trinajstić information content (AvgIpc) is 2.76. The Labute approximate surface area is 125 Å². The van der Waals surface area contributed by atoms with Crippen LogP contribution in [-0.2, 0) is 13.6 Å². The summed E-state index contributed by atoms with van der Waals surface area (Å²) in [5.74, 6) is 1.55. The van der Waals surface area contributed by atoms with E-state index in [0.717, 1.165) is 15.8 Å². The first kappa shape index (κ1) is 13.1. The summed E-state index contributed by atoms with van der Waals surface area (Å²) in [5, 5.41) is 3.18. The summed E-state index contributed by atoms with van der Waals surface area (Å²) in [5.41, 5.74) is 3.41. The van der Waals surface area contributed by atoms with Gasteiger partial charge >= 0.3 is 0 Å². The molecule has 0 aliphatic rings. The monoisotopic (exact) mass is 331 g/mol. The minimum Gasteiger partial charge on any atom is -0.347 e. The third-order valence-electron chi connectivity index (χ3n) is 3.21. The zero-order valence-corrected chi connectivity index (χ0v) is 12.8. The predicted molar refractivity (Wildman–Crippen MR) is 82.5 cm³/mol. The number of hydrogen-bond acceptors (Lipinski definition) is 4. The Morgan fingerprint density at radius 1 is 1.25 bits per heavy atom. The van der Waals surface area contributed by atoms with Gasteiger partial charge in [-0.05, 0) is 34.5 Å². The van der Waals surface area contributed by atoms with Crippen molar-refractivity contribution in [1.82, 2.24) is 19.5 Å². The third kappa shape index (κ3) is 2.38. The molecule has 1 aromatic carbocycles. The quantitative estimate of drug-likeness (QED) is 0.801. The fourth-order valence-corrected chi connectivity index (χ4v) is 2.44. The molecule has 3 aromatic rings. The van der Waals surface area contributed by atoms with Gasteiger partial charge in [-0.15, -0.1) is 0 Å². The molecule has 0 saturated heterocycles. The fourth-order valence-electron chi connectivity index (χ4n) is 2.23. The van der Waals surface area contributed by atoms with Gasteiger partial charge in [0.05, 0.1) is 22.1 Å². The Morgan fingerprint density at radius 3 is 2.70 bits per heavy atom. The smallest absolute Gasteiger partial charge is 0.223 e. The van der Waals surface area contributed by atoms with Crippen LogP contribution in [-0.4, -0.2) is 19.5 Å². The van der Waals surface area contributed by atoms with Gasteiger partial charge in [0.25, 0.3) is 0 Å². The molecule has 20 heavy (non-hydrogen) atoms. The molecule has 3 rings (SSSR count). The van der Waals surface area contributed by atoms with Crippen molar-refractivity contribution in [3.63, 3.8) is 0 Å². The molecule has 102 valence electrons. The average molecular weight is 332 g/mol. The molecule has 0 fully saturated rings. The lowest BCUT2D eigenvalue weighted by molar-refractivity contribution is 0.826. The van der Waals surface area contributed by atoms with Gasteiger partial charge in [0.15, 0.2) is 0 Å². The van der Waals surface area contributed by atoms with Crippen molar-refractivity contribution in [2.24, 2.45) is 7.05 Å². The van der Waals surface area contributed by atoms with Crippen LogP contribution < -0.4 is 5.32 Å². The molecule has 2 aromatic heterocycles. The zero-order valence-electron chi connectivity index (χ0n) is 11.3. The van der Waals surface area contributed by atoms with Crippen LogP contribution in [0.5, 0.6) is 0 Å². The summed E-state index contributed by atoms with van der Waals surface area (Å²) in [4.78, 5) is 13.0. The molecule has 0 bridgehead atoms. The van der Waals surface area contributed by atoms with Crippen LogP contribution in [0.25, 0.3) is 11.0 Å². The first-order valence-corrected chi connectivity index (χ1v) is 7.07. The second-order valence-electron chi connectivity index (χ2n) is 4.61. The van der Waals surface area contributed by atoms with E-state index in [1.807, 2.05) is 19.2 Å². The molecule has 5 nitrogen and oxygen atoms in total. The summed E-state index contributed by atoms with van der Waals surface area (Å²) in [7, 11) is 2.03. The standard InChI is InChI=1S/C14H14BrN5/c1-9-4-3-5-11-13(9)20(2)12(19-11)8-18-14-16-6-10(15)7-17-14/h3-7H,8H2,1-2H3,(H,16,17,18). The number of benzene rings is 1. The summed E-state index contributed by atoms with van der Waals surface area (Å²) in [6.07, 6.45) is 3.43. The van der Waals surface area contributed by atoms with Crippen LogP contribution in [0, 0.1) is 6.92 Å². The van der Waals surface area contributed by atoms with Gasteiger partial charge in [-0.2, -0.15) is 0 Å². The first-order valence-electron chi connectivity index (χ1n) is 6.27. The molecule has 0 radical (unpaired) electrons. The molecule has 2 heterocycles. The van der Waals surface area contributed by atoms with Gasteiger partial charge in [-0.25, -0.2) is 15.0 Å². The zero-order chi connectivity index (χ0) is 14.1. The molecule has 0 atom stereocenters. The minimum absolute atomic E-state index is 0.590.